The molecule has 21 heavy (non-hydrogen) atoms. The van der Waals surface area contributed by atoms with E-state index in [1.807, 2.05) is 13.8 Å². The number of aromatic nitrogens is 1. The standard InChI is InChI=1S/C15H27N3O2S/c1-4-6-7-9-13(3)18-21(19,20)14-10-8-12-17-15(14)16-11-5-2/h8,10,12-13,18H,4-7,9,11H2,1-3H3,(H,16,17). The van der Waals surface area contributed by atoms with Crippen molar-refractivity contribution in [3.05, 3.63) is 18.3 Å². The molecule has 0 amide bonds. The van der Waals surface area contributed by atoms with Gasteiger partial charge < -0.3 is 5.32 Å². The maximum absolute atomic E-state index is 12.5. The lowest BCUT2D eigenvalue weighted by Crippen LogP contribution is -2.33. The maximum atomic E-state index is 12.5. The summed E-state index contributed by atoms with van der Waals surface area (Å²) in [5, 5.41) is 3.06. The van der Waals surface area contributed by atoms with Gasteiger partial charge in [-0.3, -0.25) is 0 Å². The van der Waals surface area contributed by atoms with Gasteiger partial charge in [0.2, 0.25) is 10.0 Å². The lowest BCUT2D eigenvalue weighted by molar-refractivity contribution is 0.527. The maximum Gasteiger partial charge on any atom is 0.244 e. The van der Waals surface area contributed by atoms with Crippen molar-refractivity contribution in [2.75, 3.05) is 11.9 Å². The molecule has 1 rings (SSSR count). The van der Waals surface area contributed by atoms with Crippen LogP contribution in [-0.4, -0.2) is 26.0 Å². The first-order valence-corrected chi connectivity index (χ1v) is 9.20. The molecule has 1 heterocycles. The summed E-state index contributed by atoms with van der Waals surface area (Å²) in [7, 11) is -3.53. The van der Waals surface area contributed by atoms with Crippen molar-refractivity contribution in [2.24, 2.45) is 0 Å². The number of hydrogen-bond donors (Lipinski definition) is 2. The smallest absolute Gasteiger partial charge is 0.244 e. The van der Waals surface area contributed by atoms with Gasteiger partial charge in [0.15, 0.2) is 0 Å². The van der Waals surface area contributed by atoms with Crippen molar-refractivity contribution in [1.29, 1.82) is 0 Å². The molecule has 0 spiro atoms. The van der Waals surface area contributed by atoms with E-state index in [1.54, 1.807) is 18.3 Å². The van der Waals surface area contributed by atoms with E-state index < -0.39 is 10.0 Å². The monoisotopic (exact) mass is 313 g/mol. The molecule has 0 saturated carbocycles. The third kappa shape index (κ3) is 6.01. The van der Waals surface area contributed by atoms with E-state index in [-0.39, 0.29) is 10.9 Å². The largest absolute Gasteiger partial charge is 0.369 e. The minimum atomic E-state index is -3.53. The number of sulfonamides is 1. The second-order valence-electron chi connectivity index (χ2n) is 5.30. The van der Waals surface area contributed by atoms with Crippen molar-refractivity contribution in [3.8, 4) is 0 Å². The Morgan fingerprint density at radius 1 is 1.24 bits per heavy atom. The molecule has 1 aromatic rings. The Hall–Kier alpha value is -1.14. The molecule has 1 atom stereocenters. The van der Waals surface area contributed by atoms with E-state index >= 15 is 0 Å². The van der Waals surface area contributed by atoms with Crippen molar-refractivity contribution in [2.45, 2.75) is 63.8 Å². The molecule has 1 aromatic heterocycles. The molecule has 0 aliphatic carbocycles. The number of hydrogen-bond acceptors (Lipinski definition) is 4. The molecule has 1 unspecified atom stereocenters. The van der Waals surface area contributed by atoms with Crippen LogP contribution in [0.1, 0.15) is 52.9 Å². The lowest BCUT2D eigenvalue weighted by Gasteiger charge is -2.16. The molecule has 0 bridgehead atoms. The van der Waals surface area contributed by atoms with Gasteiger partial charge in [-0.25, -0.2) is 18.1 Å². The van der Waals surface area contributed by atoms with Crippen LogP contribution < -0.4 is 10.0 Å². The number of anilines is 1. The number of pyridine rings is 1. The Morgan fingerprint density at radius 3 is 2.67 bits per heavy atom. The summed E-state index contributed by atoms with van der Waals surface area (Å²) in [5.74, 6) is 0.424. The Bertz CT molecular complexity index is 517. The van der Waals surface area contributed by atoms with Crippen LogP contribution >= 0.6 is 0 Å². The summed E-state index contributed by atoms with van der Waals surface area (Å²) in [5.41, 5.74) is 0. The molecular weight excluding hydrogens is 286 g/mol. The molecule has 0 saturated heterocycles. The fraction of sp³-hybridized carbons (Fsp3) is 0.667. The van der Waals surface area contributed by atoms with Gasteiger partial charge in [0.25, 0.3) is 0 Å². The average Bonchev–Trinajstić information content (AvgIpc) is 2.45. The van der Waals surface area contributed by atoms with Crippen LogP contribution in [0.15, 0.2) is 23.2 Å². The zero-order chi connectivity index (χ0) is 15.7. The molecule has 5 nitrogen and oxygen atoms in total. The first-order valence-electron chi connectivity index (χ1n) is 7.72. The lowest BCUT2D eigenvalue weighted by atomic mass is 10.1. The predicted molar refractivity (Wildman–Crippen MR) is 86.9 cm³/mol. The summed E-state index contributed by atoms with van der Waals surface area (Å²) in [6.45, 7) is 6.77. The van der Waals surface area contributed by atoms with Gasteiger partial charge >= 0.3 is 0 Å². The van der Waals surface area contributed by atoms with Gasteiger partial charge in [0, 0.05) is 18.8 Å². The molecule has 0 aliphatic heterocycles. The summed E-state index contributed by atoms with van der Waals surface area (Å²) < 4.78 is 27.7. The third-order valence-corrected chi connectivity index (χ3v) is 4.82. The van der Waals surface area contributed by atoms with Crippen LogP contribution in [0.2, 0.25) is 0 Å². The van der Waals surface area contributed by atoms with Crippen LogP contribution in [-0.2, 0) is 10.0 Å². The van der Waals surface area contributed by atoms with Crippen LogP contribution in [0.3, 0.4) is 0 Å². The van der Waals surface area contributed by atoms with Crippen molar-refractivity contribution in [3.63, 3.8) is 0 Å². The number of rotatable bonds is 10. The molecule has 0 radical (unpaired) electrons. The van der Waals surface area contributed by atoms with Gasteiger partial charge in [-0.05, 0) is 31.9 Å². The topological polar surface area (TPSA) is 71.1 Å². The Labute approximate surface area is 128 Å². The predicted octanol–water partition coefficient (Wildman–Crippen LogP) is 3.15. The normalized spacial score (nSPS) is 13.1. The molecule has 120 valence electrons. The SMILES string of the molecule is CCCCCC(C)NS(=O)(=O)c1cccnc1NCCC. The van der Waals surface area contributed by atoms with Crippen molar-refractivity contribution < 1.29 is 8.42 Å². The molecular formula is C15H27N3O2S. The number of nitrogens with zero attached hydrogens (tertiary/aromatic N) is 1. The van der Waals surface area contributed by atoms with Gasteiger partial charge in [-0.2, -0.15) is 0 Å². The van der Waals surface area contributed by atoms with Crippen molar-refractivity contribution >= 4 is 15.8 Å². The summed E-state index contributed by atoms with van der Waals surface area (Å²) >= 11 is 0. The quantitative estimate of drug-likeness (QED) is 0.651. The molecule has 6 heteroatoms. The third-order valence-electron chi connectivity index (χ3n) is 3.20. The van der Waals surface area contributed by atoms with Crippen LogP contribution in [0.25, 0.3) is 0 Å². The van der Waals surface area contributed by atoms with E-state index in [4.69, 9.17) is 0 Å². The van der Waals surface area contributed by atoms with Crippen LogP contribution in [0, 0.1) is 0 Å². The second-order valence-corrected chi connectivity index (χ2v) is 6.98. The van der Waals surface area contributed by atoms with E-state index in [1.165, 1.54) is 0 Å². The van der Waals surface area contributed by atoms with E-state index in [2.05, 4.69) is 21.9 Å². The second kappa shape index (κ2) is 9.00. The fourth-order valence-corrected chi connectivity index (χ4v) is 3.48. The Balaban J connectivity index is 2.77. The summed E-state index contributed by atoms with van der Waals surface area (Å²) in [6.07, 6.45) is 6.66. The van der Waals surface area contributed by atoms with Gasteiger partial charge in [-0.1, -0.05) is 33.1 Å². The minimum Gasteiger partial charge on any atom is -0.369 e. The highest BCUT2D eigenvalue weighted by molar-refractivity contribution is 7.89. The first kappa shape index (κ1) is 17.9. The average molecular weight is 313 g/mol. The van der Waals surface area contributed by atoms with Gasteiger partial charge in [0.05, 0.1) is 0 Å². The summed E-state index contributed by atoms with van der Waals surface area (Å²) in [4.78, 5) is 4.36. The zero-order valence-electron chi connectivity index (χ0n) is 13.2. The van der Waals surface area contributed by atoms with Gasteiger partial charge in [-0.15, -0.1) is 0 Å². The van der Waals surface area contributed by atoms with Crippen LogP contribution in [0.5, 0.6) is 0 Å². The summed E-state index contributed by atoms with van der Waals surface area (Å²) in [6, 6.07) is 3.17. The molecule has 2 N–H and O–H groups in total. The minimum absolute atomic E-state index is 0.0687. The highest BCUT2D eigenvalue weighted by Gasteiger charge is 2.21. The molecule has 0 fully saturated rings. The first-order chi connectivity index (χ1) is 10.0. The Kier molecular flexibility index (Phi) is 7.67. The molecule has 0 aliphatic rings. The highest BCUT2D eigenvalue weighted by Crippen LogP contribution is 2.18. The van der Waals surface area contributed by atoms with E-state index in [0.29, 0.717) is 12.4 Å². The fourth-order valence-electron chi connectivity index (χ4n) is 2.07. The Morgan fingerprint density at radius 2 is 2.00 bits per heavy atom. The van der Waals surface area contributed by atoms with E-state index in [9.17, 15) is 8.42 Å². The molecule has 0 aromatic carbocycles. The van der Waals surface area contributed by atoms with Gasteiger partial charge in [0.1, 0.15) is 10.7 Å². The van der Waals surface area contributed by atoms with Crippen LogP contribution in [0.4, 0.5) is 5.82 Å². The number of nitrogens with one attached hydrogen (secondary N) is 2. The zero-order valence-corrected chi connectivity index (χ0v) is 14.0. The number of unbranched alkanes of at least 4 members (excludes halogenated alkanes) is 2. The highest BCUT2D eigenvalue weighted by atomic mass is 32.2. The van der Waals surface area contributed by atoms with Crippen molar-refractivity contribution in [1.82, 2.24) is 9.71 Å². The van der Waals surface area contributed by atoms with E-state index in [0.717, 1.165) is 32.1 Å².